The fraction of sp³-hybridized carbons (Fsp3) is 0.500. The summed E-state index contributed by atoms with van der Waals surface area (Å²) in [6, 6.07) is -1.16. The standard InChI is InChI=1S/C18H27N8O5P/c1-9(2)30-17(27)10(3)25-32(28)29-7-11-6-12(20-4)16(31-11)26-8-22-13-14(21-5)23-18(19)24-15(13)26/h7-10,12,16,32H,4,6H2,1-3,5H3,(H,25,28)(H3,19,21,23,24)/b11-7+. The van der Waals surface area contributed by atoms with E-state index in [0.717, 1.165) is 0 Å². The van der Waals surface area contributed by atoms with Gasteiger partial charge in [-0.3, -0.25) is 18.9 Å². The molecule has 1 aliphatic heterocycles. The highest BCUT2D eigenvalue weighted by Crippen LogP contribution is 2.36. The summed E-state index contributed by atoms with van der Waals surface area (Å²) >= 11 is 0. The van der Waals surface area contributed by atoms with Crippen LogP contribution in [0.4, 0.5) is 11.8 Å². The number of aliphatic imine (C=N–C) groups is 1. The highest BCUT2D eigenvalue weighted by molar-refractivity contribution is 7.36. The van der Waals surface area contributed by atoms with Crippen molar-refractivity contribution in [3.05, 3.63) is 18.3 Å². The van der Waals surface area contributed by atoms with Gasteiger partial charge in [0.05, 0.1) is 6.10 Å². The van der Waals surface area contributed by atoms with Crippen LogP contribution in [0.15, 0.2) is 23.3 Å². The van der Waals surface area contributed by atoms with Gasteiger partial charge in [0.1, 0.15) is 30.4 Å². The van der Waals surface area contributed by atoms with Gasteiger partial charge >= 0.3 is 14.1 Å². The quantitative estimate of drug-likeness (QED) is 0.212. The van der Waals surface area contributed by atoms with Crippen molar-refractivity contribution in [3.8, 4) is 0 Å². The fourth-order valence-electron chi connectivity index (χ4n) is 3.08. The van der Waals surface area contributed by atoms with Gasteiger partial charge in [0.2, 0.25) is 12.2 Å². The number of carbonyl (C=O) groups excluding carboxylic acids is 1. The first-order valence-corrected chi connectivity index (χ1v) is 11.2. The molecule has 2 aromatic rings. The first-order chi connectivity index (χ1) is 15.2. The van der Waals surface area contributed by atoms with Crippen LogP contribution in [0.25, 0.3) is 11.2 Å². The van der Waals surface area contributed by atoms with Crippen molar-refractivity contribution in [2.45, 2.75) is 51.6 Å². The zero-order valence-electron chi connectivity index (χ0n) is 18.2. The predicted molar refractivity (Wildman–Crippen MR) is 119 cm³/mol. The molecular weight excluding hydrogens is 439 g/mol. The monoisotopic (exact) mass is 466 g/mol. The second-order valence-corrected chi connectivity index (χ2v) is 8.41. The zero-order chi connectivity index (χ0) is 23.4. The average molecular weight is 466 g/mol. The molecule has 1 fully saturated rings. The molecule has 4 unspecified atom stereocenters. The van der Waals surface area contributed by atoms with Gasteiger partial charge in [-0.05, 0) is 27.5 Å². The largest absolute Gasteiger partial charge is 0.469 e. The molecule has 14 heteroatoms. The Kier molecular flexibility index (Phi) is 7.31. The molecule has 3 rings (SSSR count). The molecule has 1 aliphatic rings. The third-order valence-electron chi connectivity index (χ3n) is 4.53. The number of rotatable bonds is 9. The third kappa shape index (κ3) is 5.17. The Morgan fingerprint density at radius 2 is 2.22 bits per heavy atom. The summed E-state index contributed by atoms with van der Waals surface area (Å²) in [5.41, 5.74) is 6.80. The summed E-state index contributed by atoms with van der Waals surface area (Å²) < 4.78 is 30.1. The van der Waals surface area contributed by atoms with Gasteiger partial charge < -0.3 is 25.0 Å². The normalized spacial score (nSPS) is 21.3. The predicted octanol–water partition coefficient (Wildman–Crippen LogP) is 1.62. The number of nitrogens with zero attached hydrogens (tertiary/aromatic N) is 5. The molecule has 32 heavy (non-hydrogen) atoms. The lowest BCUT2D eigenvalue weighted by molar-refractivity contribution is -0.148. The number of carbonyl (C=O) groups is 1. The van der Waals surface area contributed by atoms with E-state index in [1.54, 1.807) is 38.7 Å². The van der Waals surface area contributed by atoms with Crippen molar-refractivity contribution in [3.63, 3.8) is 0 Å². The molecule has 0 saturated carbocycles. The second-order valence-electron chi connectivity index (χ2n) is 7.31. The number of nitrogen functional groups attached to an aromatic ring is 1. The molecule has 0 amide bonds. The molecule has 0 radical (unpaired) electrons. The first-order valence-electron chi connectivity index (χ1n) is 9.90. The maximum absolute atomic E-state index is 12.2. The maximum Gasteiger partial charge on any atom is 0.323 e. The summed E-state index contributed by atoms with van der Waals surface area (Å²) in [5, 5.41) is 5.51. The van der Waals surface area contributed by atoms with Crippen LogP contribution in [0.3, 0.4) is 0 Å². The topological polar surface area (TPSA) is 168 Å². The Labute approximate surface area is 185 Å². The molecule has 4 atom stereocenters. The van der Waals surface area contributed by atoms with E-state index >= 15 is 0 Å². The van der Waals surface area contributed by atoms with E-state index in [1.165, 1.54) is 6.26 Å². The number of esters is 1. The van der Waals surface area contributed by atoms with Crippen LogP contribution in [0, 0.1) is 0 Å². The summed E-state index contributed by atoms with van der Waals surface area (Å²) in [6.07, 6.45) is 2.27. The number of hydrogen-bond acceptors (Lipinski definition) is 11. The number of nitrogens with one attached hydrogen (secondary N) is 2. The van der Waals surface area contributed by atoms with Crippen molar-refractivity contribution in [2.75, 3.05) is 18.1 Å². The number of anilines is 2. The van der Waals surface area contributed by atoms with Crippen LogP contribution in [-0.4, -0.2) is 57.4 Å². The van der Waals surface area contributed by atoms with E-state index in [0.29, 0.717) is 29.2 Å². The number of ether oxygens (including phenoxy) is 2. The van der Waals surface area contributed by atoms with Crippen molar-refractivity contribution >= 4 is 43.8 Å². The van der Waals surface area contributed by atoms with Crippen LogP contribution in [0.5, 0.6) is 0 Å². The van der Waals surface area contributed by atoms with Crippen LogP contribution in [0.2, 0.25) is 0 Å². The number of hydrogen-bond donors (Lipinski definition) is 3. The molecule has 2 aromatic heterocycles. The van der Waals surface area contributed by atoms with Crippen LogP contribution in [0.1, 0.15) is 33.4 Å². The van der Waals surface area contributed by atoms with Gasteiger partial charge in [0, 0.05) is 13.5 Å². The van der Waals surface area contributed by atoms with E-state index < -0.39 is 26.4 Å². The van der Waals surface area contributed by atoms with Crippen molar-refractivity contribution in [1.29, 1.82) is 0 Å². The fourth-order valence-corrected chi connectivity index (χ4v) is 3.86. The first kappa shape index (κ1) is 23.5. The van der Waals surface area contributed by atoms with Gasteiger partial charge in [-0.1, -0.05) is 0 Å². The Bertz CT molecular complexity index is 1060. The van der Waals surface area contributed by atoms with E-state index in [1.807, 2.05) is 0 Å². The summed E-state index contributed by atoms with van der Waals surface area (Å²) in [7, 11) is -1.06. The molecular formula is C18H27N8O5P. The number of fused-ring (bicyclic) bond motifs is 1. The minimum atomic E-state index is -2.77. The Morgan fingerprint density at radius 1 is 1.47 bits per heavy atom. The van der Waals surface area contributed by atoms with E-state index in [4.69, 9.17) is 19.7 Å². The minimum Gasteiger partial charge on any atom is -0.469 e. The van der Waals surface area contributed by atoms with E-state index in [-0.39, 0.29) is 18.1 Å². The number of aromatic nitrogens is 4. The Morgan fingerprint density at radius 3 is 2.88 bits per heavy atom. The Hall–Kier alpha value is -3.18. The third-order valence-corrected chi connectivity index (χ3v) is 5.53. The minimum absolute atomic E-state index is 0.0820. The molecule has 174 valence electrons. The molecule has 3 heterocycles. The highest BCUT2D eigenvalue weighted by Gasteiger charge is 2.35. The van der Waals surface area contributed by atoms with E-state index in [2.05, 4.69) is 37.1 Å². The molecule has 0 aliphatic carbocycles. The zero-order valence-corrected chi connectivity index (χ0v) is 19.2. The van der Waals surface area contributed by atoms with Crippen LogP contribution in [-0.2, 0) is 23.4 Å². The van der Waals surface area contributed by atoms with Gasteiger partial charge in [0.15, 0.2) is 17.0 Å². The van der Waals surface area contributed by atoms with E-state index in [9.17, 15) is 9.36 Å². The molecule has 13 nitrogen and oxygen atoms in total. The SMILES string of the molecule is C=NC1C/C(=C\O[PH](=O)NC(C)C(=O)OC(C)C)OC1n1cnc2c(NC)nc(N)nc21. The lowest BCUT2D eigenvalue weighted by atomic mass is 10.2. The lowest BCUT2D eigenvalue weighted by Gasteiger charge is -2.17. The number of imidazole rings is 1. The second kappa shape index (κ2) is 9.96. The van der Waals surface area contributed by atoms with Crippen LogP contribution < -0.4 is 16.1 Å². The van der Waals surface area contributed by atoms with Crippen molar-refractivity contribution in [2.24, 2.45) is 4.99 Å². The van der Waals surface area contributed by atoms with Crippen molar-refractivity contribution in [1.82, 2.24) is 24.6 Å². The smallest absolute Gasteiger partial charge is 0.323 e. The molecule has 0 aromatic carbocycles. The summed E-state index contributed by atoms with van der Waals surface area (Å²) in [6.45, 7) is 8.63. The molecule has 0 bridgehead atoms. The van der Waals surface area contributed by atoms with Crippen molar-refractivity contribution < 1.29 is 23.4 Å². The molecule has 0 spiro atoms. The van der Waals surface area contributed by atoms with Gasteiger partial charge in [0.25, 0.3) is 0 Å². The van der Waals surface area contributed by atoms with Gasteiger partial charge in [-0.25, -0.2) is 10.1 Å². The average Bonchev–Trinajstić information content (AvgIpc) is 3.34. The molecule has 1 saturated heterocycles. The highest BCUT2D eigenvalue weighted by atomic mass is 31.1. The Balaban J connectivity index is 1.71. The maximum atomic E-state index is 12.2. The number of nitrogens with two attached hydrogens (primary N) is 1. The van der Waals surface area contributed by atoms with Gasteiger partial charge in [-0.15, -0.1) is 0 Å². The summed E-state index contributed by atoms with van der Waals surface area (Å²) in [4.78, 5) is 28.7. The summed E-state index contributed by atoms with van der Waals surface area (Å²) in [5.74, 6) is 0.458. The van der Waals surface area contributed by atoms with Gasteiger partial charge in [-0.2, -0.15) is 9.97 Å². The molecule has 4 N–H and O–H groups in total. The van der Waals surface area contributed by atoms with Crippen LogP contribution >= 0.6 is 8.18 Å². The lowest BCUT2D eigenvalue weighted by Crippen LogP contribution is -2.32.